The lowest BCUT2D eigenvalue weighted by molar-refractivity contribution is -0.0551. The number of allylic oxidation sites excluding steroid dienone is 4. The largest absolute Gasteiger partial charge is 0.378 e. The monoisotopic (exact) mass is 304 g/mol. The van der Waals surface area contributed by atoms with Crippen LogP contribution in [0.25, 0.3) is 0 Å². The molecule has 0 radical (unpaired) electrons. The van der Waals surface area contributed by atoms with Crippen LogP contribution in [0, 0.1) is 23.7 Å². The Morgan fingerprint density at radius 3 is 2.82 bits per heavy atom. The number of hydrogen-bond donors (Lipinski definition) is 0. The minimum absolute atomic E-state index is 0.0767. The van der Waals surface area contributed by atoms with Crippen molar-refractivity contribution in [2.24, 2.45) is 23.7 Å². The van der Waals surface area contributed by atoms with Crippen LogP contribution in [0.15, 0.2) is 23.3 Å². The lowest BCUT2D eigenvalue weighted by atomic mass is 9.76. The molecule has 126 valence electrons. The number of ether oxygens (including phenoxy) is 1. The van der Waals surface area contributed by atoms with Gasteiger partial charge in [-0.15, -0.1) is 0 Å². The summed E-state index contributed by atoms with van der Waals surface area (Å²) >= 11 is 0. The summed E-state index contributed by atoms with van der Waals surface area (Å²) < 4.78 is 6.02. The van der Waals surface area contributed by atoms with E-state index in [2.05, 4.69) is 46.8 Å². The highest BCUT2D eigenvalue weighted by molar-refractivity contribution is 5.17. The van der Waals surface area contributed by atoms with E-state index in [0.29, 0.717) is 5.92 Å². The fourth-order valence-electron chi connectivity index (χ4n) is 4.71. The highest BCUT2D eigenvalue weighted by Gasteiger charge is 2.45. The normalized spacial score (nSPS) is 36.3. The summed E-state index contributed by atoms with van der Waals surface area (Å²) in [5, 5.41) is 0. The van der Waals surface area contributed by atoms with Crippen molar-refractivity contribution in [1.82, 2.24) is 0 Å². The van der Waals surface area contributed by atoms with Crippen LogP contribution in [-0.4, -0.2) is 12.7 Å². The Morgan fingerprint density at radius 2 is 2.18 bits per heavy atom. The maximum absolute atomic E-state index is 6.02. The van der Waals surface area contributed by atoms with Gasteiger partial charge in [-0.3, -0.25) is 0 Å². The first-order valence-corrected chi connectivity index (χ1v) is 9.22. The minimum Gasteiger partial charge on any atom is -0.378 e. The summed E-state index contributed by atoms with van der Waals surface area (Å²) in [5.41, 5.74) is 3.15. The zero-order valence-electron chi connectivity index (χ0n) is 15.6. The highest BCUT2D eigenvalue weighted by atomic mass is 16.5. The topological polar surface area (TPSA) is 9.23 Å². The molecule has 1 heteroatoms. The van der Waals surface area contributed by atoms with Crippen molar-refractivity contribution in [3.05, 3.63) is 23.3 Å². The summed E-state index contributed by atoms with van der Waals surface area (Å²) in [4.78, 5) is 0. The maximum Gasteiger partial charge on any atom is 0.0687 e. The summed E-state index contributed by atoms with van der Waals surface area (Å²) in [6, 6.07) is 0. The third-order valence-electron chi connectivity index (χ3n) is 6.56. The molecule has 0 N–H and O–H groups in total. The van der Waals surface area contributed by atoms with Crippen molar-refractivity contribution < 1.29 is 4.74 Å². The molecule has 2 aliphatic rings. The lowest BCUT2D eigenvalue weighted by Gasteiger charge is -2.36. The van der Waals surface area contributed by atoms with Crippen LogP contribution in [0.2, 0.25) is 0 Å². The van der Waals surface area contributed by atoms with E-state index in [1.165, 1.54) is 44.1 Å². The molecular formula is C21H36O. The van der Waals surface area contributed by atoms with Crippen molar-refractivity contribution in [3.8, 4) is 0 Å². The molecule has 0 heterocycles. The van der Waals surface area contributed by atoms with Crippen LogP contribution < -0.4 is 0 Å². The second-order valence-corrected chi connectivity index (χ2v) is 8.28. The molecule has 1 saturated carbocycles. The quantitative estimate of drug-likeness (QED) is 0.553. The molecule has 2 aliphatic carbocycles. The van der Waals surface area contributed by atoms with E-state index in [1.54, 1.807) is 5.57 Å². The van der Waals surface area contributed by atoms with Gasteiger partial charge in [0.15, 0.2) is 0 Å². The first kappa shape index (κ1) is 17.8. The third-order valence-corrected chi connectivity index (χ3v) is 6.56. The van der Waals surface area contributed by atoms with Gasteiger partial charge in [0.2, 0.25) is 0 Å². The minimum atomic E-state index is 0.0767. The number of hydrogen-bond acceptors (Lipinski definition) is 1. The van der Waals surface area contributed by atoms with Crippen molar-refractivity contribution >= 4 is 0 Å². The van der Waals surface area contributed by atoms with Crippen molar-refractivity contribution in [1.29, 1.82) is 0 Å². The Hall–Kier alpha value is -0.560. The molecule has 0 aromatic carbocycles. The van der Waals surface area contributed by atoms with E-state index in [-0.39, 0.29) is 5.60 Å². The summed E-state index contributed by atoms with van der Waals surface area (Å²) in [6.45, 7) is 11.6. The summed E-state index contributed by atoms with van der Waals surface area (Å²) in [7, 11) is 1.92. The van der Waals surface area contributed by atoms with Gasteiger partial charge in [0, 0.05) is 7.11 Å². The molecule has 0 aromatic rings. The average Bonchev–Trinajstić information content (AvgIpc) is 2.76. The first-order chi connectivity index (χ1) is 10.4. The van der Waals surface area contributed by atoms with Crippen LogP contribution in [0.5, 0.6) is 0 Å². The Kier molecular flexibility index (Phi) is 5.94. The molecule has 0 aliphatic heterocycles. The molecule has 2 rings (SSSR count). The van der Waals surface area contributed by atoms with Crippen molar-refractivity contribution in [2.45, 2.75) is 78.7 Å². The first-order valence-electron chi connectivity index (χ1n) is 9.22. The molecule has 0 aromatic heterocycles. The molecule has 22 heavy (non-hydrogen) atoms. The predicted molar refractivity (Wildman–Crippen MR) is 95.9 cm³/mol. The van der Waals surface area contributed by atoms with Gasteiger partial charge in [0.1, 0.15) is 0 Å². The molecule has 5 unspecified atom stereocenters. The number of rotatable bonds is 5. The summed E-state index contributed by atoms with van der Waals surface area (Å²) in [6.07, 6.45) is 12.6. The van der Waals surface area contributed by atoms with Gasteiger partial charge >= 0.3 is 0 Å². The van der Waals surface area contributed by atoms with Crippen LogP contribution in [0.3, 0.4) is 0 Å². The Labute approximate surface area is 138 Å². The summed E-state index contributed by atoms with van der Waals surface area (Å²) in [5.74, 6) is 3.14. The zero-order chi connectivity index (χ0) is 16.3. The Bertz CT molecular complexity index is 429. The molecule has 5 atom stereocenters. The molecule has 1 fully saturated rings. The van der Waals surface area contributed by atoms with Crippen molar-refractivity contribution in [2.75, 3.05) is 7.11 Å². The Morgan fingerprint density at radius 1 is 1.45 bits per heavy atom. The average molecular weight is 305 g/mol. The fourth-order valence-corrected chi connectivity index (χ4v) is 4.71. The second kappa shape index (κ2) is 7.34. The predicted octanol–water partition coefficient (Wildman–Crippen LogP) is 6.16. The van der Waals surface area contributed by atoms with E-state index in [9.17, 15) is 0 Å². The third kappa shape index (κ3) is 3.85. The molecule has 0 amide bonds. The Balaban J connectivity index is 2.05. The van der Waals surface area contributed by atoms with Gasteiger partial charge in [-0.1, -0.05) is 30.2 Å². The molecule has 1 nitrogen and oxygen atoms in total. The van der Waals surface area contributed by atoms with Gasteiger partial charge in [-0.25, -0.2) is 0 Å². The van der Waals surface area contributed by atoms with E-state index < -0.39 is 0 Å². The molecular weight excluding hydrogens is 268 g/mol. The number of fused-ring (bicyclic) bond motifs is 1. The van der Waals surface area contributed by atoms with Gasteiger partial charge < -0.3 is 4.74 Å². The van der Waals surface area contributed by atoms with Crippen LogP contribution >= 0.6 is 0 Å². The molecule has 0 spiro atoms. The van der Waals surface area contributed by atoms with E-state index >= 15 is 0 Å². The van der Waals surface area contributed by atoms with Crippen molar-refractivity contribution in [3.63, 3.8) is 0 Å². The van der Waals surface area contributed by atoms with E-state index in [1.807, 2.05) is 7.11 Å². The fraction of sp³-hybridized carbons (Fsp3) is 0.810. The van der Waals surface area contributed by atoms with Gasteiger partial charge in [-0.05, 0) is 89.9 Å². The van der Waals surface area contributed by atoms with E-state index in [0.717, 1.165) is 17.8 Å². The molecule has 0 saturated heterocycles. The van der Waals surface area contributed by atoms with E-state index in [4.69, 9.17) is 4.74 Å². The second-order valence-electron chi connectivity index (χ2n) is 8.28. The van der Waals surface area contributed by atoms with Gasteiger partial charge in [0.05, 0.1) is 5.60 Å². The van der Waals surface area contributed by atoms with Crippen LogP contribution in [0.4, 0.5) is 0 Å². The SMILES string of the molecule is COC1(C)CCC(C(C)CCC=C(C)C)CC2C(C)=CCC21. The maximum atomic E-state index is 6.02. The van der Waals surface area contributed by atoms with Gasteiger partial charge in [-0.2, -0.15) is 0 Å². The van der Waals surface area contributed by atoms with Gasteiger partial charge in [0.25, 0.3) is 0 Å². The molecule has 0 bridgehead atoms. The highest BCUT2D eigenvalue weighted by Crippen LogP contribution is 2.50. The van der Waals surface area contributed by atoms with Crippen LogP contribution in [0.1, 0.15) is 73.1 Å². The zero-order valence-corrected chi connectivity index (χ0v) is 15.6. The van der Waals surface area contributed by atoms with Crippen LogP contribution in [-0.2, 0) is 4.74 Å². The standard InChI is InChI=1S/C21H36O/c1-15(2)8-7-9-16(3)18-12-13-21(5,22-6)20-11-10-17(4)19(20)14-18/h8,10,16,18-20H,7,9,11-14H2,1-6H3. The smallest absolute Gasteiger partial charge is 0.0687 e. The lowest BCUT2D eigenvalue weighted by Crippen LogP contribution is -2.38. The number of methoxy groups -OCH3 is 1.